The summed E-state index contributed by atoms with van der Waals surface area (Å²) in [4.78, 5) is 16.7. The van der Waals surface area contributed by atoms with Crippen molar-refractivity contribution >= 4 is 28.8 Å². The van der Waals surface area contributed by atoms with E-state index in [1.165, 1.54) is 22.7 Å². The lowest BCUT2D eigenvalue weighted by Crippen LogP contribution is -2.15. The van der Waals surface area contributed by atoms with Crippen molar-refractivity contribution in [2.24, 2.45) is 0 Å². The summed E-state index contributed by atoms with van der Waals surface area (Å²) in [5.74, 6) is -0.798. The molecule has 0 fully saturated rings. The normalized spacial score (nSPS) is 10.9. The number of hydrogen-bond donors (Lipinski definition) is 1. The molecular weight excluding hydrogens is 305 g/mol. The van der Waals surface area contributed by atoms with Gasteiger partial charge in [-0.25, -0.2) is 9.37 Å². The molecule has 0 aliphatic heterocycles. The number of benzene rings is 1. The van der Waals surface area contributed by atoms with Crippen LogP contribution in [0.1, 0.15) is 21.7 Å². The van der Waals surface area contributed by atoms with Gasteiger partial charge in [-0.2, -0.15) is 0 Å². The van der Waals surface area contributed by atoms with Crippen LogP contribution in [0.15, 0.2) is 36.5 Å². The van der Waals surface area contributed by atoms with E-state index in [-0.39, 0.29) is 5.91 Å². The molecule has 2 aromatic heterocycles. The number of anilines is 1. The first-order valence-corrected chi connectivity index (χ1v) is 7.05. The average molecular weight is 318 g/mol. The van der Waals surface area contributed by atoms with E-state index < -0.39 is 5.82 Å². The van der Waals surface area contributed by atoms with Crippen LogP contribution in [0.25, 0.3) is 5.65 Å². The molecule has 0 saturated carbocycles. The van der Waals surface area contributed by atoms with Gasteiger partial charge in [0.15, 0.2) is 0 Å². The van der Waals surface area contributed by atoms with E-state index in [1.54, 1.807) is 19.1 Å². The van der Waals surface area contributed by atoms with Crippen LogP contribution in [0.4, 0.5) is 10.1 Å². The topological polar surface area (TPSA) is 46.4 Å². The number of rotatable bonds is 2. The van der Waals surface area contributed by atoms with Crippen molar-refractivity contribution in [3.8, 4) is 0 Å². The number of amides is 1. The van der Waals surface area contributed by atoms with Gasteiger partial charge in [-0.1, -0.05) is 17.7 Å². The Hall–Kier alpha value is -2.40. The Labute approximate surface area is 131 Å². The highest BCUT2D eigenvalue weighted by atomic mass is 35.5. The Balaban J connectivity index is 2.00. The van der Waals surface area contributed by atoms with Gasteiger partial charge in [0.25, 0.3) is 5.91 Å². The first-order chi connectivity index (χ1) is 10.5. The highest BCUT2D eigenvalue weighted by Crippen LogP contribution is 2.21. The number of aryl methyl sites for hydroxylation is 2. The number of pyridine rings is 1. The first kappa shape index (κ1) is 14.5. The molecule has 0 unspecified atom stereocenters. The van der Waals surface area contributed by atoms with Crippen molar-refractivity contribution < 1.29 is 9.18 Å². The van der Waals surface area contributed by atoms with Gasteiger partial charge in [-0.05, 0) is 43.7 Å². The number of hydrogen-bond acceptors (Lipinski definition) is 2. The largest absolute Gasteiger partial charge is 0.321 e. The lowest BCUT2D eigenvalue weighted by molar-refractivity contribution is 0.102. The molecule has 6 heteroatoms. The third-order valence-corrected chi connectivity index (χ3v) is 3.81. The maximum atomic E-state index is 13.4. The predicted octanol–water partition coefficient (Wildman–Crippen LogP) is 4.00. The molecular formula is C16H13ClFN3O. The molecule has 0 aliphatic rings. The van der Waals surface area contributed by atoms with Gasteiger partial charge in [0.2, 0.25) is 0 Å². The van der Waals surface area contributed by atoms with E-state index in [4.69, 9.17) is 11.6 Å². The quantitative estimate of drug-likeness (QED) is 0.776. The number of aromatic nitrogens is 2. The summed E-state index contributed by atoms with van der Waals surface area (Å²) >= 11 is 6.05. The molecule has 4 nitrogen and oxygen atoms in total. The fraction of sp³-hybridized carbons (Fsp3) is 0.125. The Morgan fingerprint density at radius 1 is 1.27 bits per heavy atom. The number of nitrogens with zero attached hydrogens (tertiary/aromatic N) is 2. The molecule has 22 heavy (non-hydrogen) atoms. The van der Waals surface area contributed by atoms with E-state index >= 15 is 0 Å². The van der Waals surface area contributed by atoms with E-state index in [1.807, 2.05) is 13.0 Å². The fourth-order valence-electron chi connectivity index (χ4n) is 2.27. The highest BCUT2D eigenvalue weighted by Gasteiger charge is 2.17. The molecule has 1 N–H and O–H groups in total. The van der Waals surface area contributed by atoms with Crippen LogP contribution in [0, 0.1) is 19.7 Å². The Morgan fingerprint density at radius 2 is 2.05 bits per heavy atom. The lowest BCUT2D eigenvalue weighted by atomic mass is 10.2. The number of carbonyl (C=O) groups is 1. The number of halogens is 2. The molecule has 0 bridgehead atoms. The van der Waals surface area contributed by atoms with Crippen molar-refractivity contribution in [2.45, 2.75) is 13.8 Å². The molecule has 0 spiro atoms. The number of fused-ring (bicyclic) bond motifs is 1. The van der Waals surface area contributed by atoms with E-state index in [9.17, 15) is 9.18 Å². The van der Waals surface area contributed by atoms with Crippen LogP contribution in [-0.4, -0.2) is 15.3 Å². The minimum atomic E-state index is -0.433. The maximum absolute atomic E-state index is 13.4. The Morgan fingerprint density at radius 3 is 2.77 bits per heavy atom. The van der Waals surface area contributed by atoms with Gasteiger partial charge in [-0.15, -0.1) is 0 Å². The van der Waals surface area contributed by atoms with Crippen molar-refractivity contribution in [2.75, 3.05) is 5.32 Å². The molecule has 1 amide bonds. The number of imidazole rings is 1. The average Bonchev–Trinajstić information content (AvgIpc) is 2.78. The standard InChI is InChI=1S/C16H13ClFN3O/c1-9-3-5-12(7-13(9)17)20-16(22)15-10(2)19-14-6-4-11(18)8-21(14)15/h3-8H,1-2H3,(H,20,22). The third kappa shape index (κ3) is 2.55. The number of carbonyl (C=O) groups excluding carboxylic acids is 1. The van der Waals surface area contributed by atoms with Gasteiger partial charge in [0, 0.05) is 16.9 Å². The van der Waals surface area contributed by atoms with Gasteiger partial charge in [0.05, 0.1) is 5.69 Å². The highest BCUT2D eigenvalue weighted by molar-refractivity contribution is 6.31. The summed E-state index contributed by atoms with van der Waals surface area (Å²) in [5, 5.41) is 3.33. The van der Waals surface area contributed by atoms with E-state index in [2.05, 4.69) is 10.3 Å². The van der Waals surface area contributed by atoms with Gasteiger partial charge in [-0.3, -0.25) is 9.20 Å². The molecule has 0 saturated heterocycles. The van der Waals surface area contributed by atoms with E-state index in [0.29, 0.717) is 27.7 Å². The zero-order chi connectivity index (χ0) is 15.9. The van der Waals surface area contributed by atoms with E-state index in [0.717, 1.165) is 5.56 Å². The summed E-state index contributed by atoms with van der Waals surface area (Å²) in [6, 6.07) is 8.09. The molecule has 3 aromatic rings. The Bertz CT molecular complexity index is 888. The van der Waals surface area contributed by atoms with Crippen molar-refractivity contribution in [3.63, 3.8) is 0 Å². The second-order valence-corrected chi connectivity index (χ2v) is 5.45. The molecule has 0 radical (unpaired) electrons. The minimum absolute atomic E-state index is 0.297. The molecule has 1 aromatic carbocycles. The number of nitrogens with one attached hydrogen (secondary N) is 1. The van der Waals surface area contributed by atoms with Crippen LogP contribution < -0.4 is 5.32 Å². The second-order valence-electron chi connectivity index (χ2n) is 5.04. The SMILES string of the molecule is Cc1ccc(NC(=O)c2c(C)nc3ccc(F)cn23)cc1Cl. The summed E-state index contributed by atoms with van der Waals surface area (Å²) in [6.45, 7) is 3.59. The zero-order valence-electron chi connectivity index (χ0n) is 12.0. The third-order valence-electron chi connectivity index (χ3n) is 3.40. The van der Waals surface area contributed by atoms with Gasteiger partial charge in [0.1, 0.15) is 17.2 Å². The molecule has 112 valence electrons. The summed E-state index contributed by atoms with van der Waals surface area (Å²) in [5.41, 5.74) is 2.84. The summed E-state index contributed by atoms with van der Waals surface area (Å²) in [7, 11) is 0. The van der Waals surface area contributed by atoms with Gasteiger partial charge >= 0.3 is 0 Å². The maximum Gasteiger partial charge on any atom is 0.274 e. The predicted molar refractivity (Wildman–Crippen MR) is 84.0 cm³/mol. The second kappa shape index (κ2) is 5.42. The molecule has 2 heterocycles. The van der Waals surface area contributed by atoms with Crippen LogP contribution in [0.3, 0.4) is 0 Å². The van der Waals surface area contributed by atoms with Crippen molar-refractivity contribution in [3.05, 3.63) is 64.3 Å². The minimum Gasteiger partial charge on any atom is -0.321 e. The Kier molecular flexibility index (Phi) is 3.58. The monoisotopic (exact) mass is 317 g/mol. The van der Waals surface area contributed by atoms with Gasteiger partial charge < -0.3 is 5.32 Å². The molecule has 3 rings (SSSR count). The first-order valence-electron chi connectivity index (χ1n) is 6.67. The zero-order valence-corrected chi connectivity index (χ0v) is 12.8. The summed E-state index contributed by atoms with van der Waals surface area (Å²) in [6.07, 6.45) is 1.24. The van der Waals surface area contributed by atoms with Crippen LogP contribution >= 0.6 is 11.6 Å². The van der Waals surface area contributed by atoms with Crippen LogP contribution in [-0.2, 0) is 0 Å². The van der Waals surface area contributed by atoms with Crippen molar-refractivity contribution in [1.82, 2.24) is 9.38 Å². The smallest absolute Gasteiger partial charge is 0.274 e. The van der Waals surface area contributed by atoms with Crippen LogP contribution in [0.2, 0.25) is 5.02 Å². The lowest BCUT2D eigenvalue weighted by Gasteiger charge is -2.07. The summed E-state index contributed by atoms with van der Waals surface area (Å²) < 4.78 is 14.9. The molecule has 0 atom stereocenters. The van der Waals surface area contributed by atoms with Crippen LogP contribution in [0.5, 0.6) is 0 Å². The van der Waals surface area contributed by atoms with Crippen molar-refractivity contribution in [1.29, 1.82) is 0 Å². The fourth-order valence-corrected chi connectivity index (χ4v) is 2.45. The molecule has 0 aliphatic carbocycles.